The molecule has 114 valence electrons. The summed E-state index contributed by atoms with van der Waals surface area (Å²) in [6, 6.07) is 0. The first-order chi connectivity index (χ1) is 9.39. The number of hydrogen-bond donors (Lipinski definition) is 0. The summed E-state index contributed by atoms with van der Waals surface area (Å²) in [5.74, 6) is 1.23. The van der Waals surface area contributed by atoms with Crippen LogP contribution in [0.15, 0.2) is 4.52 Å². The van der Waals surface area contributed by atoms with Crippen molar-refractivity contribution in [3.05, 3.63) is 5.89 Å². The van der Waals surface area contributed by atoms with Gasteiger partial charge >= 0.3 is 0 Å². The lowest BCUT2D eigenvalue weighted by Crippen LogP contribution is -2.53. The van der Waals surface area contributed by atoms with Crippen molar-refractivity contribution in [2.45, 2.75) is 32.1 Å². The third kappa shape index (κ3) is 3.91. The number of rotatable bonds is 5. The standard InChI is InChI=1S/C13H24N4O3/c1-13(2)9-17(6-10(19-13)8-18-5)7-11-14-12(15-20-11)16(3)4/h10H,6-9H2,1-5H3/t10-/m0/s1. The van der Waals surface area contributed by atoms with Crippen LogP contribution in [-0.2, 0) is 16.0 Å². The number of nitrogens with zero attached hydrogens (tertiary/aromatic N) is 4. The van der Waals surface area contributed by atoms with E-state index in [1.54, 1.807) is 7.11 Å². The summed E-state index contributed by atoms with van der Waals surface area (Å²) in [7, 11) is 5.47. The molecule has 0 spiro atoms. The maximum Gasteiger partial charge on any atom is 0.265 e. The second kappa shape index (κ2) is 6.07. The van der Waals surface area contributed by atoms with Gasteiger partial charge < -0.3 is 18.9 Å². The smallest absolute Gasteiger partial charge is 0.265 e. The molecule has 1 aliphatic heterocycles. The number of aromatic nitrogens is 2. The molecule has 0 saturated carbocycles. The minimum Gasteiger partial charge on any atom is -0.382 e. The maximum atomic E-state index is 5.98. The molecule has 7 nitrogen and oxygen atoms in total. The van der Waals surface area contributed by atoms with E-state index in [0.29, 0.717) is 25.0 Å². The van der Waals surface area contributed by atoms with Gasteiger partial charge in [-0.05, 0) is 19.0 Å². The van der Waals surface area contributed by atoms with E-state index in [2.05, 4.69) is 28.9 Å². The Bertz CT molecular complexity index is 433. The third-order valence-electron chi connectivity index (χ3n) is 3.12. The van der Waals surface area contributed by atoms with Gasteiger partial charge in [-0.1, -0.05) is 0 Å². The summed E-state index contributed by atoms with van der Waals surface area (Å²) in [6.07, 6.45) is 0.0694. The van der Waals surface area contributed by atoms with Crippen molar-refractivity contribution in [3.63, 3.8) is 0 Å². The van der Waals surface area contributed by atoms with Gasteiger partial charge in [0.1, 0.15) is 0 Å². The number of methoxy groups -OCH3 is 1. The van der Waals surface area contributed by atoms with Crippen LogP contribution in [0.3, 0.4) is 0 Å². The summed E-state index contributed by atoms with van der Waals surface area (Å²) < 4.78 is 16.5. The molecular weight excluding hydrogens is 260 g/mol. The lowest BCUT2D eigenvalue weighted by atomic mass is 10.1. The van der Waals surface area contributed by atoms with Crippen molar-refractivity contribution in [3.8, 4) is 0 Å². The maximum absolute atomic E-state index is 5.98. The molecule has 0 radical (unpaired) electrons. The van der Waals surface area contributed by atoms with Gasteiger partial charge in [0.05, 0.1) is 24.9 Å². The largest absolute Gasteiger partial charge is 0.382 e. The fourth-order valence-electron chi connectivity index (χ4n) is 2.49. The van der Waals surface area contributed by atoms with Crippen LogP contribution in [0.5, 0.6) is 0 Å². The van der Waals surface area contributed by atoms with Gasteiger partial charge in [0.15, 0.2) is 0 Å². The van der Waals surface area contributed by atoms with Crippen LogP contribution < -0.4 is 4.90 Å². The van der Waals surface area contributed by atoms with Crippen molar-refractivity contribution >= 4 is 5.95 Å². The van der Waals surface area contributed by atoms with E-state index in [4.69, 9.17) is 14.0 Å². The van der Waals surface area contributed by atoms with Gasteiger partial charge in [-0.2, -0.15) is 4.98 Å². The van der Waals surface area contributed by atoms with E-state index in [1.807, 2.05) is 19.0 Å². The number of ether oxygens (including phenoxy) is 2. The molecule has 0 aliphatic carbocycles. The molecular formula is C13H24N4O3. The predicted octanol–water partition coefficient (Wildman–Crippen LogP) is 0.761. The van der Waals surface area contributed by atoms with E-state index >= 15 is 0 Å². The molecule has 1 aromatic rings. The van der Waals surface area contributed by atoms with Crippen molar-refractivity contribution in [2.24, 2.45) is 0 Å². The number of hydrogen-bond acceptors (Lipinski definition) is 7. The second-order valence-corrected chi connectivity index (χ2v) is 6.01. The molecule has 1 aliphatic rings. The first-order valence-electron chi connectivity index (χ1n) is 6.78. The Morgan fingerprint density at radius 1 is 1.45 bits per heavy atom. The second-order valence-electron chi connectivity index (χ2n) is 6.01. The zero-order chi connectivity index (χ0) is 14.8. The minimum absolute atomic E-state index is 0.0694. The predicted molar refractivity (Wildman–Crippen MR) is 74.7 cm³/mol. The molecule has 0 amide bonds. The van der Waals surface area contributed by atoms with Crippen LogP contribution >= 0.6 is 0 Å². The first-order valence-corrected chi connectivity index (χ1v) is 6.78. The normalized spacial score (nSPS) is 22.9. The molecule has 1 saturated heterocycles. The molecule has 1 fully saturated rings. The summed E-state index contributed by atoms with van der Waals surface area (Å²) >= 11 is 0. The van der Waals surface area contributed by atoms with Crippen LogP contribution in [-0.4, -0.2) is 67.6 Å². The SMILES string of the molecule is COC[C@@H]1CN(Cc2nc(N(C)C)no2)CC(C)(C)O1. The lowest BCUT2D eigenvalue weighted by Gasteiger charge is -2.42. The molecule has 2 rings (SSSR count). The van der Waals surface area contributed by atoms with Crippen molar-refractivity contribution in [1.82, 2.24) is 15.0 Å². The molecule has 1 atom stereocenters. The van der Waals surface area contributed by atoms with Gasteiger partial charge in [0.25, 0.3) is 5.95 Å². The highest BCUT2D eigenvalue weighted by Crippen LogP contribution is 2.22. The van der Waals surface area contributed by atoms with Crippen LogP contribution in [0, 0.1) is 0 Å². The summed E-state index contributed by atoms with van der Waals surface area (Å²) in [6.45, 7) is 7.02. The van der Waals surface area contributed by atoms with Crippen LogP contribution in [0.4, 0.5) is 5.95 Å². The fraction of sp³-hybridized carbons (Fsp3) is 0.846. The van der Waals surface area contributed by atoms with Crippen LogP contribution in [0.1, 0.15) is 19.7 Å². The Kier molecular flexibility index (Phi) is 4.62. The third-order valence-corrected chi connectivity index (χ3v) is 3.12. The molecule has 7 heteroatoms. The minimum atomic E-state index is -0.203. The Balaban J connectivity index is 1.99. The van der Waals surface area contributed by atoms with E-state index in [-0.39, 0.29) is 11.7 Å². The first kappa shape index (κ1) is 15.2. The molecule has 0 unspecified atom stereocenters. The highest BCUT2D eigenvalue weighted by Gasteiger charge is 2.34. The van der Waals surface area contributed by atoms with E-state index in [9.17, 15) is 0 Å². The van der Waals surface area contributed by atoms with E-state index in [1.165, 1.54) is 0 Å². The lowest BCUT2D eigenvalue weighted by molar-refractivity contribution is -0.155. The molecule has 0 N–H and O–H groups in total. The highest BCUT2D eigenvalue weighted by atomic mass is 16.5. The molecule has 20 heavy (non-hydrogen) atoms. The summed E-state index contributed by atoms with van der Waals surface area (Å²) in [4.78, 5) is 8.44. The van der Waals surface area contributed by atoms with Crippen molar-refractivity contribution in [2.75, 3.05) is 45.8 Å². The van der Waals surface area contributed by atoms with Gasteiger partial charge in [-0.25, -0.2) is 0 Å². The van der Waals surface area contributed by atoms with Gasteiger partial charge in [-0.3, -0.25) is 4.90 Å². The average molecular weight is 284 g/mol. The topological polar surface area (TPSA) is 63.9 Å². The Labute approximate surface area is 119 Å². The molecule has 1 aromatic heterocycles. The number of morpholine rings is 1. The average Bonchev–Trinajstić information content (AvgIpc) is 2.75. The number of anilines is 1. The van der Waals surface area contributed by atoms with Gasteiger partial charge in [0.2, 0.25) is 5.89 Å². The molecule has 0 aromatic carbocycles. The zero-order valence-electron chi connectivity index (χ0n) is 12.9. The van der Waals surface area contributed by atoms with Crippen LogP contribution in [0.25, 0.3) is 0 Å². The molecule has 2 heterocycles. The highest BCUT2D eigenvalue weighted by molar-refractivity contribution is 5.23. The summed E-state index contributed by atoms with van der Waals surface area (Å²) in [5, 5.41) is 3.93. The van der Waals surface area contributed by atoms with Gasteiger partial charge in [-0.15, -0.1) is 0 Å². The summed E-state index contributed by atoms with van der Waals surface area (Å²) in [5.41, 5.74) is -0.203. The zero-order valence-corrected chi connectivity index (χ0v) is 12.9. The van der Waals surface area contributed by atoms with Crippen molar-refractivity contribution in [1.29, 1.82) is 0 Å². The fourth-order valence-corrected chi connectivity index (χ4v) is 2.49. The van der Waals surface area contributed by atoms with E-state index < -0.39 is 0 Å². The van der Waals surface area contributed by atoms with Crippen LogP contribution in [0.2, 0.25) is 0 Å². The molecule has 0 bridgehead atoms. The Morgan fingerprint density at radius 2 is 2.20 bits per heavy atom. The van der Waals surface area contributed by atoms with Crippen molar-refractivity contribution < 1.29 is 14.0 Å². The van der Waals surface area contributed by atoms with E-state index in [0.717, 1.165) is 13.1 Å². The Hall–Kier alpha value is -1.18. The monoisotopic (exact) mass is 284 g/mol. The van der Waals surface area contributed by atoms with Gasteiger partial charge in [0, 0.05) is 34.3 Å². The quantitative estimate of drug-likeness (QED) is 0.791. The Morgan fingerprint density at radius 3 is 2.80 bits per heavy atom.